The summed E-state index contributed by atoms with van der Waals surface area (Å²) in [6.45, 7) is 6.41. The van der Waals surface area contributed by atoms with E-state index in [1.807, 2.05) is 6.92 Å². The Balaban J connectivity index is 2.26. The number of aryl methyl sites for hydroxylation is 2. The molecule has 6 heteroatoms. The van der Waals surface area contributed by atoms with E-state index in [9.17, 15) is 9.59 Å². The van der Waals surface area contributed by atoms with Gasteiger partial charge in [0.1, 0.15) is 6.04 Å². The second kappa shape index (κ2) is 6.65. The van der Waals surface area contributed by atoms with Crippen LogP contribution in [0.3, 0.4) is 0 Å². The summed E-state index contributed by atoms with van der Waals surface area (Å²) in [5.41, 5.74) is 1.91. The SMILES string of the molecule is CCOC(=O)C1CCCN1C(=O)c1cc(C)nnc1CC. The van der Waals surface area contributed by atoms with E-state index in [1.165, 1.54) is 0 Å². The first kappa shape index (κ1) is 15.4. The van der Waals surface area contributed by atoms with E-state index in [2.05, 4.69) is 10.2 Å². The Kier molecular flexibility index (Phi) is 4.88. The monoisotopic (exact) mass is 291 g/mol. The van der Waals surface area contributed by atoms with Crippen LogP contribution >= 0.6 is 0 Å². The molecule has 0 aromatic carbocycles. The lowest BCUT2D eigenvalue weighted by Gasteiger charge is -2.23. The third-order valence-corrected chi connectivity index (χ3v) is 3.63. The summed E-state index contributed by atoms with van der Waals surface area (Å²) in [6, 6.07) is 1.27. The highest BCUT2D eigenvalue weighted by Crippen LogP contribution is 2.22. The summed E-state index contributed by atoms with van der Waals surface area (Å²) in [5, 5.41) is 8.07. The van der Waals surface area contributed by atoms with Crippen molar-refractivity contribution in [1.29, 1.82) is 0 Å². The third-order valence-electron chi connectivity index (χ3n) is 3.63. The predicted octanol–water partition coefficient (Wildman–Crippen LogP) is 1.52. The first-order valence-electron chi connectivity index (χ1n) is 7.39. The van der Waals surface area contributed by atoms with Crippen molar-refractivity contribution in [2.45, 2.75) is 46.1 Å². The zero-order valence-electron chi connectivity index (χ0n) is 12.8. The zero-order chi connectivity index (χ0) is 15.4. The van der Waals surface area contributed by atoms with Crippen molar-refractivity contribution in [3.63, 3.8) is 0 Å². The van der Waals surface area contributed by atoms with Gasteiger partial charge in [-0.05, 0) is 39.2 Å². The van der Waals surface area contributed by atoms with Crippen molar-refractivity contribution >= 4 is 11.9 Å². The molecule has 1 aliphatic heterocycles. The van der Waals surface area contributed by atoms with E-state index in [1.54, 1.807) is 24.8 Å². The van der Waals surface area contributed by atoms with Gasteiger partial charge < -0.3 is 9.64 Å². The Morgan fingerprint density at radius 3 is 2.81 bits per heavy atom. The van der Waals surface area contributed by atoms with Crippen LogP contribution < -0.4 is 0 Å². The minimum atomic E-state index is -0.476. The Morgan fingerprint density at radius 1 is 1.38 bits per heavy atom. The van der Waals surface area contributed by atoms with Crippen LogP contribution in [-0.2, 0) is 16.0 Å². The lowest BCUT2D eigenvalue weighted by Crippen LogP contribution is -2.41. The van der Waals surface area contributed by atoms with Gasteiger partial charge in [-0.25, -0.2) is 4.79 Å². The molecule has 1 aromatic rings. The minimum absolute atomic E-state index is 0.152. The molecule has 6 nitrogen and oxygen atoms in total. The Morgan fingerprint density at radius 2 is 2.14 bits per heavy atom. The van der Waals surface area contributed by atoms with E-state index in [-0.39, 0.29) is 11.9 Å². The molecule has 1 atom stereocenters. The molecule has 1 saturated heterocycles. The van der Waals surface area contributed by atoms with Gasteiger partial charge in [0.05, 0.1) is 23.6 Å². The molecule has 0 radical (unpaired) electrons. The quantitative estimate of drug-likeness (QED) is 0.786. The molecule has 0 spiro atoms. The Labute approximate surface area is 124 Å². The predicted molar refractivity (Wildman–Crippen MR) is 76.8 cm³/mol. The lowest BCUT2D eigenvalue weighted by atomic mass is 10.1. The number of rotatable bonds is 4. The van der Waals surface area contributed by atoms with Gasteiger partial charge in [-0.15, -0.1) is 0 Å². The highest BCUT2D eigenvalue weighted by Gasteiger charge is 2.36. The van der Waals surface area contributed by atoms with Crippen LogP contribution in [0.4, 0.5) is 0 Å². The largest absolute Gasteiger partial charge is 0.464 e. The van der Waals surface area contributed by atoms with Gasteiger partial charge in [-0.2, -0.15) is 10.2 Å². The number of carbonyl (C=O) groups excluding carboxylic acids is 2. The number of likely N-dealkylation sites (tertiary alicyclic amines) is 1. The molecule has 0 saturated carbocycles. The van der Waals surface area contributed by atoms with E-state index in [0.717, 1.165) is 6.42 Å². The molecule has 0 bridgehead atoms. The first-order chi connectivity index (χ1) is 10.1. The summed E-state index contributed by atoms with van der Waals surface area (Å²) in [5.74, 6) is -0.472. The summed E-state index contributed by atoms with van der Waals surface area (Å²) >= 11 is 0. The highest BCUT2D eigenvalue weighted by atomic mass is 16.5. The average molecular weight is 291 g/mol. The number of nitrogens with zero attached hydrogens (tertiary/aromatic N) is 3. The van der Waals surface area contributed by atoms with Crippen LogP contribution in [0.5, 0.6) is 0 Å². The second-order valence-electron chi connectivity index (χ2n) is 5.11. The molecule has 1 amide bonds. The fourth-order valence-corrected chi connectivity index (χ4v) is 2.61. The molecular formula is C15H21N3O3. The molecule has 114 valence electrons. The van der Waals surface area contributed by atoms with E-state index < -0.39 is 6.04 Å². The molecule has 2 rings (SSSR count). The van der Waals surface area contributed by atoms with Gasteiger partial charge in [-0.1, -0.05) is 6.92 Å². The maximum Gasteiger partial charge on any atom is 0.328 e. The van der Waals surface area contributed by atoms with Gasteiger partial charge in [0.25, 0.3) is 5.91 Å². The van der Waals surface area contributed by atoms with Gasteiger partial charge >= 0.3 is 5.97 Å². The van der Waals surface area contributed by atoms with Crippen LogP contribution in [-0.4, -0.2) is 46.2 Å². The summed E-state index contributed by atoms with van der Waals surface area (Å²) in [6.07, 6.45) is 2.10. The van der Waals surface area contributed by atoms with Crippen molar-refractivity contribution in [3.05, 3.63) is 23.0 Å². The number of esters is 1. The van der Waals surface area contributed by atoms with Gasteiger partial charge in [0.15, 0.2) is 0 Å². The molecular weight excluding hydrogens is 270 g/mol. The number of ether oxygens (including phenoxy) is 1. The normalized spacial score (nSPS) is 17.9. The molecule has 1 unspecified atom stereocenters. The molecule has 1 fully saturated rings. The van der Waals surface area contributed by atoms with Crippen LogP contribution in [0.1, 0.15) is 48.4 Å². The number of carbonyl (C=O) groups is 2. The first-order valence-corrected chi connectivity index (χ1v) is 7.39. The van der Waals surface area contributed by atoms with E-state index in [4.69, 9.17) is 4.74 Å². The standard InChI is InChI=1S/C15H21N3O3/c1-4-12-11(9-10(3)16-17-12)14(19)18-8-6-7-13(18)15(20)21-5-2/h9,13H,4-8H2,1-3H3. The number of aromatic nitrogens is 2. The second-order valence-corrected chi connectivity index (χ2v) is 5.11. The molecule has 0 aliphatic carbocycles. The Hall–Kier alpha value is -1.98. The third kappa shape index (κ3) is 3.20. The topological polar surface area (TPSA) is 72.4 Å². The maximum atomic E-state index is 12.7. The van der Waals surface area contributed by atoms with Gasteiger partial charge in [0, 0.05) is 6.54 Å². The van der Waals surface area contributed by atoms with E-state index in [0.29, 0.717) is 42.9 Å². The molecule has 1 aliphatic rings. The highest BCUT2D eigenvalue weighted by molar-refractivity contribution is 5.98. The summed E-state index contributed by atoms with van der Waals surface area (Å²) < 4.78 is 5.06. The van der Waals surface area contributed by atoms with Crippen molar-refractivity contribution in [3.8, 4) is 0 Å². The fraction of sp³-hybridized carbons (Fsp3) is 0.600. The smallest absolute Gasteiger partial charge is 0.328 e. The molecule has 21 heavy (non-hydrogen) atoms. The lowest BCUT2D eigenvalue weighted by molar-refractivity contribution is -0.147. The Bertz CT molecular complexity index is 545. The minimum Gasteiger partial charge on any atom is -0.464 e. The van der Waals surface area contributed by atoms with Gasteiger partial charge in [-0.3, -0.25) is 4.79 Å². The maximum absolute atomic E-state index is 12.7. The number of hydrogen-bond acceptors (Lipinski definition) is 5. The van der Waals surface area contributed by atoms with Gasteiger partial charge in [0.2, 0.25) is 0 Å². The summed E-state index contributed by atoms with van der Waals surface area (Å²) in [4.78, 5) is 26.3. The van der Waals surface area contributed by atoms with Crippen molar-refractivity contribution in [2.24, 2.45) is 0 Å². The van der Waals surface area contributed by atoms with Crippen molar-refractivity contribution in [1.82, 2.24) is 15.1 Å². The van der Waals surface area contributed by atoms with Crippen molar-refractivity contribution in [2.75, 3.05) is 13.2 Å². The van der Waals surface area contributed by atoms with E-state index >= 15 is 0 Å². The van der Waals surface area contributed by atoms with Crippen molar-refractivity contribution < 1.29 is 14.3 Å². The fourth-order valence-electron chi connectivity index (χ4n) is 2.61. The number of hydrogen-bond donors (Lipinski definition) is 0. The molecule has 0 N–H and O–H groups in total. The number of amides is 1. The zero-order valence-corrected chi connectivity index (χ0v) is 12.8. The molecule has 2 heterocycles. The molecule has 1 aromatic heterocycles. The summed E-state index contributed by atoms with van der Waals surface area (Å²) in [7, 11) is 0. The van der Waals surface area contributed by atoms with Crippen LogP contribution in [0, 0.1) is 6.92 Å². The van der Waals surface area contributed by atoms with Crippen LogP contribution in [0.25, 0.3) is 0 Å². The average Bonchev–Trinajstić information content (AvgIpc) is 2.96. The van der Waals surface area contributed by atoms with Crippen LogP contribution in [0.2, 0.25) is 0 Å². The van der Waals surface area contributed by atoms with Crippen LogP contribution in [0.15, 0.2) is 6.07 Å².